The maximum atomic E-state index is 12.9. The van der Waals surface area contributed by atoms with E-state index >= 15 is 0 Å². The third-order valence-corrected chi connectivity index (χ3v) is 8.49. The van der Waals surface area contributed by atoms with Crippen molar-refractivity contribution in [3.63, 3.8) is 0 Å². The van der Waals surface area contributed by atoms with Crippen LogP contribution in [0.5, 0.6) is 0 Å². The Kier molecular flexibility index (Phi) is 5.90. The van der Waals surface area contributed by atoms with E-state index in [4.69, 9.17) is 5.26 Å². The smallest absolute Gasteiger partial charge is 0.302 e. The lowest BCUT2D eigenvalue weighted by Crippen LogP contribution is -2.54. The quantitative estimate of drug-likeness (QED) is 0.611. The van der Waals surface area contributed by atoms with Gasteiger partial charge in [0, 0.05) is 38.9 Å². The van der Waals surface area contributed by atoms with E-state index in [2.05, 4.69) is 25.2 Å². The van der Waals surface area contributed by atoms with Crippen molar-refractivity contribution < 1.29 is 8.42 Å². The van der Waals surface area contributed by atoms with Crippen LogP contribution in [-0.4, -0.2) is 48.0 Å². The fraction of sp³-hybridized carbons (Fsp3) is 0.360. The van der Waals surface area contributed by atoms with E-state index in [0.717, 1.165) is 55.0 Å². The summed E-state index contributed by atoms with van der Waals surface area (Å²) in [6, 6.07) is 17.5. The molecule has 0 unspecified atom stereocenters. The summed E-state index contributed by atoms with van der Waals surface area (Å²) in [7, 11) is -3.55. The first-order valence-corrected chi connectivity index (χ1v) is 12.9. The molecule has 5 rings (SSSR count). The van der Waals surface area contributed by atoms with E-state index in [0.29, 0.717) is 18.7 Å². The van der Waals surface area contributed by atoms with Gasteiger partial charge in [0.25, 0.3) is 0 Å². The van der Waals surface area contributed by atoms with Crippen LogP contribution in [0, 0.1) is 18.3 Å². The summed E-state index contributed by atoms with van der Waals surface area (Å²) in [6.45, 7) is 5.49. The van der Waals surface area contributed by atoms with Crippen molar-refractivity contribution in [2.75, 3.05) is 23.9 Å². The van der Waals surface area contributed by atoms with Gasteiger partial charge >= 0.3 is 10.2 Å². The molecule has 0 aliphatic carbocycles. The maximum Gasteiger partial charge on any atom is 0.302 e. The number of benzene rings is 2. The monoisotopic (exact) mass is 476 g/mol. The predicted molar refractivity (Wildman–Crippen MR) is 130 cm³/mol. The number of nitrogens with zero attached hydrogens (tertiary/aromatic N) is 5. The number of rotatable bonds is 5. The zero-order chi connectivity index (χ0) is 23.8. The zero-order valence-corrected chi connectivity index (χ0v) is 20.0. The minimum atomic E-state index is -3.55. The molecule has 0 saturated carbocycles. The minimum absolute atomic E-state index is 0.438. The Balaban J connectivity index is 1.28. The lowest BCUT2D eigenvalue weighted by molar-refractivity contribution is 0.162. The highest BCUT2D eigenvalue weighted by Gasteiger charge is 2.51. The number of imidazole rings is 1. The van der Waals surface area contributed by atoms with Crippen molar-refractivity contribution in [2.45, 2.75) is 38.4 Å². The Hall–Kier alpha value is -3.19. The van der Waals surface area contributed by atoms with Crippen molar-refractivity contribution in [1.29, 1.82) is 5.26 Å². The van der Waals surface area contributed by atoms with Crippen molar-refractivity contribution in [3.05, 3.63) is 83.4 Å². The van der Waals surface area contributed by atoms with Crippen LogP contribution in [0.2, 0.25) is 0 Å². The number of nitriles is 1. The number of hydrogen-bond acceptors (Lipinski definition) is 5. The van der Waals surface area contributed by atoms with Gasteiger partial charge in [-0.25, -0.2) is 4.98 Å². The highest BCUT2D eigenvalue weighted by molar-refractivity contribution is 7.91. The molecule has 3 aromatic rings. The van der Waals surface area contributed by atoms with E-state index in [1.807, 2.05) is 68.0 Å². The first-order chi connectivity index (χ1) is 16.4. The Morgan fingerprint density at radius 3 is 2.59 bits per heavy atom. The highest BCUT2D eigenvalue weighted by atomic mass is 32.2. The van der Waals surface area contributed by atoms with Gasteiger partial charge in [-0.15, -0.1) is 0 Å². The predicted octanol–water partition coefficient (Wildman–Crippen LogP) is 2.80. The van der Waals surface area contributed by atoms with Crippen LogP contribution in [-0.2, 0) is 23.3 Å². The lowest BCUT2D eigenvalue weighted by atomic mass is 9.87. The fourth-order valence-electron chi connectivity index (χ4n) is 5.02. The molecule has 2 aliphatic heterocycles. The molecule has 0 amide bonds. The van der Waals surface area contributed by atoms with Gasteiger partial charge in [-0.2, -0.15) is 18.4 Å². The second-order valence-electron chi connectivity index (χ2n) is 9.25. The second kappa shape index (κ2) is 8.87. The first-order valence-electron chi connectivity index (χ1n) is 11.5. The van der Waals surface area contributed by atoms with Gasteiger partial charge in [0.05, 0.1) is 34.9 Å². The van der Waals surface area contributed by atoms with E-state index in [-0.39, 0.29) is 0 Å². The van der Waals surface area contributed by atoms with E-state index in [1.54, 1.807) is 4.31 Å². The number of anilines is 1. The second-order valence-corrected chi connectivity index (χ2v) is 10.9. The van der Waals surface area contributed by atoms with Gasteiger partial charge < -0.3 is 4.57 Å². The summed E-state index contributed by atoms with van der Waals surface area (Å²) in [5, 5.41) is 9.00. The lowest BCUT2D eigenvalue weighted by Gasteiger charge is -2.43. The van der Waals surface area contributed by atoms with Crippen molar-refractivity contribution in [1.82, 2.24) is 19.2 Å². The largest absolute Gasteiger partial charge is 0.329 e. The summed E-state index contributed by atoms with van der Waals surface area (Å²) < 4.78 is 32.4. The average molecular weight is 477 g/mol. The van der Waals surface area contributed by atoms with Gasteiger partial charge in [-0.05, 0) is 55.2 Å². The van der Waals surface area contributed by atoms with Crippen LogP contribution < -0.4 is 9.03 Å². The summed E-state index contributed by atoms with van der Waals surface area (Å²) in [5.74, 6) is 0. The maximum absolute atomic E-state index is 12.9. The number of nitrogens with one attached hydrogen (secondary N) is 1. The molecule has 0 atom stereocenters. The third-order valence-electron chi connectivity index (χ3n) is 6.90. The molecule has 34 heavy (non-hydrogen) atoms. The molecule has 2 aromatic carbocycles. The standard InChI is InChI=1S/C25H28N6O2S/c1-20-3-2-4-23(13-20)31-25(18-28-34(31,32)33)9-11-29(12-10-25)17-24-15-27-19-30(24)16-22-7-5-21(14-26)6-8-22/h2-8,13,15,19,28H,9-12,16-18H2,1H3. The molecule has 0 bridgehead atoms. The van der Waals surface area contributed by atoms with Crippen LogP contribution in [0.3, 0.4) is 0 Å². The van der Waals surface area contributed by atoms with Crippen LogP contribution in [0.25, 0.3) is 0 Å². The van der Waals surface area contributed by atoms with Crippen molar-refractivity contribution in [2.24, 2.45) is 0 Å². The minimum Gasteiger partial charge on any atom is -0.329 e. The summed E-state index contributed by atoms with van der Waals surface area (Å²) in [5.41, 5.74) is 4.23. The zero-order valence-electron chi connectivity index (χ0n) is 19.2. The molecule has 2 aliphatic rings. The van der Waals surface area contributed by atoms with Gasteiger partial charge in [0.1, 0.15) is 0 Å². The van der Waals surface area contributed by atoms with Crippen LogP contribution in [0.4, 0.5) is 5.69 Å². The van der Waals surface area contributed by atoms with E-state index in [9.17, 15) is 8.42 Å². The Morgan fingerprint density at radius 2 is 1.88 bits per heavy atom. The molecule has 0 radical (unpaired) electrons. The Bertz CT molecular complexity index is 1320. The number of likely N-dealkylation sites (tertiary alicyclic amines) is 1. The summed E-state index contributed by atoms with van der Waals surface area (Å²) in [4.78, 5) is 6.73. The molecule has 1 spiro atoms. The molecular weight excluding hydrogens is 448 g/mol. The molecule has 2 saturated heterocycles. The highest BCUT2D eigenvalue weighted by Crippen LogP contribution is 2.39. The molecule has 2 fully saturated rings. The molecule has 176 valence electrons. The van der Waals surface area contributed by atoms with Gasteiger partial charge in [0.15, 0.2) is 0 Å². The van der Waals surface area contributed by atoms with E-state index in [1.165, 1.54) is 0 Å². The molecular formula is C25H28N6O2S. The Morgan fingerprint density at radius 1 is 1.12 bits per heavy atom. The molecule has 1 aromatic heterocycles. The average Bonchev–Trinajstić information content (AvgIpc) is 3.37. The normalized spacial score (nSPS) is 19.4. The third kappa shape index (κ3) is 4.32. The Labute approximate surface area is 200 Å². The van der Waals surface area contributed by atoms with Gasteiger partial charge in [0.2, 0.25) is 0 Å². The summed E-state index contributed by atoms with van der Waals surface area (Å²) >= 11 is 0. The number of aromatic nitrogens is 2. The number of piperidine rings is 1. The van der Waals surface area contributed by atoms with Crippen LogP contribution in [0.1, 0.15) is 35.2 Å². The molecule has 9 heteroatoms. The van der Waals surface area contributed by atoms with Crippen LogP contribution >= 0.6 is 0 Å². The van der Waals surface area contributed by atoms with E-state index < -0.39 is 15.7 Å². The molecule has 1 N–H and O–H groups in total. The first kappa shape index (κ1) is 22.6. The SMILES string of the molecule is Cc1cccc(N2C3(CCN(Cc4cncn4Cc4ccc(C#N)cc4)CC3)CNS2(=O)=O)c1. The summed E-state index contributed by atoms with van der Waals surface area (Å²) in [6.07, 6.45) is 5.26. The topological polar surface area (TPSA) is 94.3 Å². The molecule has 3 heterocycles. The fourth-order valence-corrected chi connectivity index (χ4v) is 6.75. The van der Waals surface area contributed by atoms with Gasteiger partial charge in [-0.1, -0.05) is 24.3 Å². The van der Waals surface area contributed by atoms with Crippen LogP contribution in [0.15, 0.2) is 61.1 Å². The van der Waals surface area contributed by atoms with Crippen molar-refractivity contribution in [3.8, 4) is 6.07 Å². The van der Waals surface area contributed by atoms with Gasteiger partial charge in [-0.3, -0.25) is 9.21 Å². The number of aryl methyl sites for hydroxylation is 1. The molecule has 8 nitrogen and oxygen atoms in total. The number of hydrogen-bond donors (Lipinski definition) is 1. The van der Waals surface area contributed by atoms with Crippen molar-refractivity contribution >= 4 is 15.9 Å².